The van der Waals surface area contributed by atoms with Gasteiger partial charge in [-0.15, -0.1) is 0 Å². The van der Waals surface area contributed by atoms with Gasteiger partial charge < -0.3 is 24.2 Å². The van der Waals surface area contributed by atoms with Crippen molar-refractivity contribution in [2.24, 2.45) is 5.92 Å². The quantitative estimate of drug-likeness (QED) is 0.580. The first kappa shape index (κ1) is 22.3. The molecule has 1 aliphatic carbocycles. The molecule has 32 heavy (non-hydrogen) atoms. The van der Waals surface area contributed by atoms with E-state index in [0.717, 1.165) is 18.4 Å². The van der Waals surface area contributed by atoms with Gasteiger partial charge in [0.15, 0.2) is 11.5 Å². The van der Waals surface area contributed by atoms with Crippen molar-refractivity contribution in [1.82, 2.24) is 4.90 Å². The topological polar surface area (TPSA) is 108 Å². The zero-order chi connectivity index (χ0) is 22.8. The molecule has 0 bridgehead atoms. The lowest BCUT2D eigenvalue weighted by Gasteiger charge is -2.29. The van der Waals surface area contributed by atoms with Gasteiger partial charge in [0.1, 0.15) is 0 Å². The van der Waals surface area contributed by atoms with Crippen LogP contribution in [0.25, 0.3) is 0 Å². The van der Waals surface area contributed by atoms with Gasteiger partial charge in [0.2, 0.25) is 5.91 Å². The zero-order valence-electron chi connectivity index (χ0n) is 18.0. The van der Waals surface area contributed by atoms with Gasteiger partial charge >= 0.3 is 0 Å². The summed E-state index contributed by atoms with van der Waals surface area (Å²) in [7, 11) is 1.53. The molecule has 0 saturated heterocycles. The van der Waals surface area contributed by atoms with Crippen molar-refractivity contribution in [3.63, 3.8) is 0 Å². The monoisotopic (exact) mass is 457 g/mol. The van der Waals surface area contributed by atoms with E-state index in [1.807, 2.05) is 13.0 Å². The third-order valence-electron chi connectivity index (χ3n) is 5.71. The van der Waals surface area contributed by atoms with Gasteiger partial charge in [-0.05, 0) is 49.1 Å². The second-order valence-corrected chi connectivity index (χ2v) is 8.81. The van der Waals surface area contributed by atoms with E-state index in [-0.39, 0.29) is 30.0 Å². The van der Waals surface area contributed by atoms with Crippen LogP contribution in [0, 0.1) is 5.92 Å². The zero-order valence-corrected chi connectivity index (χ0v) is 18.8. The molecule has 0 radical (unpaired) electrons. The molecule has 4 rings (SSSR count). The van der Waals surface area contributed by atoms with Crippen molar-refractivity contribution in [1.29, 1.82) is 0 Å². The predicted molar refractivity (Wildman–Crippen MR) is 118 cm³/mol. The van der Waals surface area contributed by atoms with E-state index >= 15 is 0 Å². The van der Waals surface area contributed by atoms with Gasteiger partial charge in [0, 0.05) is 18.2 Å². The molecule has 9 heteroatoms. The van der Waals surface area contributed by atoms with Crippen LogP contribution in [0.4, 0.5) is 5.69 Å². The summed E-state index contributed by atoms with van der Waals surface area (Å²) < 4.78 is 34.3. The van der Waals surface area contributed by atoms with Crippen LogP contribution in [0.15, 0.2) is 36.4 Å². The molecule has 170 valence electrons. The average molecular weight is 458 g/mol. The Morgan fingerprint density at radius 2 is 2.06 bits per heavy atom. The van der Waals surface area contributed by atoms with Crippen LogP contribution in [-0.2, 0) is 22.4 Å². The van der Waals surface area contributed by atoms with Gasteiger partial charge in [0.05, 0.1) is 31.0 Å². The Bertz CT molecular complexity index is 1070. The highest BCUT2D eigenvalue weighted by atomic mass is 32.2. The molecule has 1 aliphatic heterocycles. The Morgan fingerprint density at radius 3 is 2.72 bits per heavy atom. The Labute approximate surface area is 189 Å². The van der Waals surface area contributed by atoms with Crippen LogP contribution in [-0.4, -0.2) is 44.9 Å². The van der Waals surface area contributed by atoms with E-state index in [2.05, 4.69) is 5.32 Å². The molecule has 1 saturated carbocycles. The molecule has 2 aromatic rings. The number of anilines is 1. The van der Waals surface area contributed by atoms with Crippen LogP contribution in [0.2, 0.25) is 0 Å². The van der Waals surface area contributed by atoms with Crippen LogP contribution in [0.5, 0.6) is 11.5 Å². The highest BCUT2D eigenvalue weighted by Gasteiger charge is 2.37. The number of fused-ring (bicyclic) bond motifs is 1. The molecule has 0 aromatic heterocycles. The minimum absolute atomic E-state index is 0.00498. The SMILES string of the molecule is CCOc1cc(C(CS(=O)[O-])N2Cc3cccc(NC(=O)C4CC4)c3C2=O)ccc1OC. The van der Waals surface area contributed by atoms with Crippen molar-refractivity contribution in [2.75, 3.05) is 24.8 Å². The third kappa shape index (κ3) is 4.49. The van der Waals surface area contributed by atoms with Gasteiger partial charge in [-0.1, -0.05) is 29.3 Å². The van der Waals surface area contributed by atoms with Crippen molar-refractivity contribution < 1.29 is 27.8 Å². The number of hydrogen-bond donors (Lipinski definition) is 1. The molecule has 1 heterocycles. The first-order valence-electron chi connectivity index (χ1n) is 10.5. The number of hydrogen-bond acceptors (Lipinski definition) is 6. The highest BCUT2D eigenvalue weighted by molar-refractivity contribution is 7.79. The lowest BCUT2D eigenvalue weighted by molar-refractivity contribution is -0.117. The van der Waals surface area contributed by atoms with Crippen molar-refractivity contribution >= 4 is 28.6 Å². The first-order valence-corrected chi connectivity index (χ1v) is 11.8. The molecule has 2 amide bonds. The first-order chi connectivity index (χ1) is 15.4. The second-order valence-electron chi connectivity index (χ2n) is 7.87. The summed E-state index contributed by atoms with van der Waals surface area (Å²) in [4.78, 5) is 27.2. The molecule has 2 atom stereocenters. The van der Waals surface area contributed by atoms with Crippen molar-refractivity contribution in [2.45, 2.75) is 32.4 Å². The number of methoxy groups -OCH3 is 1. The normalized spacial score (nSPS) is 17.0. The van der Waals surface area contributed by atoms with Crippen LogP contribution in [0.3, 0.4) is 0 Å². The van der Waals surface area contributed by atoms with Crippen molar-refractivity contribution in [3.05, 3.63) is 53.1 Å². The molecule has 1 N–H and O–H groups in total. The minimum Gasteiger partial charge on any atom is -0.772 e. The molecular formula is C23H25N2O6S-. The maximum Gasteiger partial charge on any atom is 0.257 e. The van der Waals surface area contributed by atoms with Crippen molar-refractivity contribution in [3.8, 4) is 11.5 Å². The standard InChI is InChI=1S/C23H26N2O6S/c1-3-31-20-11-15(9-10-19(20)30-2)18(13-32(28)29)25-12-16-5-4-6-17(21(16)23(25)27)24-22(26)14-7-8-14/h4-6,9-11,14,18H,3,7-8,12-13H2,1-2H3,(H,24,26)(H,28,29)/p-1. The maximum absolute atomic E-state index is 13.4. The summed E-state index contributed by atoms with van der Waals surface area (Å²) in [6.07, 6.45) is 1.72. The highest BCUT2D eigenvalue weighted by Crippen LogP contribution is 2.39. The summed E-state index contributed by atoms with van der Waals surface area (Å²) in [6, 6.07) is 9.77. The summed E-state index contributed by atoms with van der Waals surface area (Å²) in [5.74, 6) is 0.357. The van der Waals surface area contributed by atoms with Gasteiger partial charge in [-0.3, -0.25) is 13.8 Å². The fourth-order valence-electron chi connectivity index (χ4n) is 3.98. The number of nitrogens with one attached hydrogen (secondary N) is 1. The number of carbonyl (C=O) groups is 2. The molecule has 0 spiro atoms. The summed E-state index contributed by atoms with van der Waals surface area (Å²) in [5.41, 5.74) is 2.27. The fourth-order valence-corrected chi connectivity index (χ4v) is 4.61. The molecular weight excluding hydrogens is 432 g/mol. The van der Waals surface area contributed by atoms with Crippen LogP contribution in [0.1, 0.15) is 47.3 Å². The van der Waals surface area contributed by atoms with E-state index in [1.165, 1.54) is 12.0 Å². The number of amides is 2. The van der Waals surface area contributed by atoms with E-state index < -0.39 is 17.1 Å². The van der Waals surface area contributed by atoms with Crippen LogP contribution >= 0.6 is 0 Å². The average Bonchev–Trinajstić information content (AvgIpc) is 3.56. The second kappa shape index (κ2) is 9.30. The van der Waals surface area contributed by atoms with E-state index in [0.29, 0.717) is 34.9 Å². The van der Waals surface area contributed by atoms with Gasteiger partial charge in [0.25, 0.3) is 5.91 Å². The number of ether oxygens (including phenoxy) is 2. The molecule has 8 nitrogen and oxygen atoms in total. The molecule has 2 unspecified atom stereocenters. The minimum atomic E-state index is -2.39. The Morgan fingerprint density at radius 1 is 1.28 bits per heavy atom. The number of carbonyl (C=O) groups excluding carboxylic acids is 2. The molecule has 1 fully saturated rings. The molecule has 2 aromatic carbocycles. The fraction of sp³-hybridized carbons (Fsp3) is 0.391. The molecule has 2 aliphatic rings. The smallest absolute Gasteiger partial charge is 0.257 e. The lowest BCUT2D eigenvalue weighted by atomic mass is 10.1. The van der Waals surface area contributed by atoms with E-state index in [9.17, 15) is 18.4 Å². The number of rotatable bonds is 9. The summed E-state index contributed by atoms with van der Waals surface area (Å²) in [6.45, 7) is 2.50. The van der Waals surface area contributed by atoms with Gasteiger partial charge in [-0.2, -0.15) is 0 Å². The third-order valence-corrected chi connectivity index (χ3v) is 6.30. The van der Waals surface area contributed by atoms with E-state index in [4.69, 9.17) is 9.47 Å². The van der Waals surface area contributed by atoms with E-state index in [1.54, 1.807) is 30.3 Å². The predicted octanol–water partition coefficient (Wildman–Crippen LogP) is 3.02. The summed E-state index contributed by atoms with van der Waals surface area (Å²) in [5, 5.41) is 2.87. The Hall–Kier alpha value is -2.91. The van der Waals surface area contributed by atoms with Gasteiger partial charge in [-0.25, -0.2) is 0 Å². The Kier molecular flexibility index (Phi) is 6.48. The van der Waals surface area contributed by atoms with Crippen LogP contribution < -0.4 is 14.8 Å². The maximum atomic E-state index is 13.4. The lowest BCUT2D eigenvalue weighted by Crippen LogP contribution is -2.33. The summed E-state index contributed by atoms with van der Waals surface area (Å²) >= 11 is -2.39. The number of nitrogens with zero attached hydrogens (tertiary/aromatic N) is 1. The number of benzene rings is 2. The largest absolute Gasteiger partial charge is 0.772 e. The Balaban J connectivity index is 1.67.